The van der Waals surface area contributed by atoms with E-state index in [0.717, 1.165) is 24.1 Å². The lowest BCUT2D eigenvalue weighted by Gasteiger charge is -2.15. The van der Waals surface area contributed by atoms with Gasteiger partial charge in [-0.2, -0.15) is 0 Å². The van der Waals surface area contributed by atoms with Gasteiger partial charge >= 0.3 is 0 Å². The van der Waals surface area contributed by atoms with Gasteiger partial charge in [0.15, 0.2) is 11.5 Å². The van der Waals surface area contributed by atoms with Crippen molar-refractivity contribution in [1.82, 2.24) is 10.3 Å². The summed E-state index contributed by atoms with van der Waals surface area (Å²) in [6.45, 7) is 4.09. The van der Waals surface area contributed by atoms with E-state index in [2.05, 4.69) is 53.8 Å². The molecule has 0 saturated heterocycles. The Kier molecular flexibility index (Phi) is 6.80. The third-order valence-corrected chi connectivity index (χ3v) is 5.78. The second-order valence-corrected chi connectivity index (χ2v) is 8.02. The molecule has 160 valence electrons. The normalized spacial score (nSPS) is 11.1. The molecule has 0 aliphatic rings. The fraction of sp³-hybridized carbons (Fsp3) is 0.231. The number of aryl methyl sites for hydroxylation is 1. The Bertz CT molecular complexity index is 1170. The number of hydrogen-bond acceptors (Lipinski definition) is 3. The third kappa shape index (κ3) is 5.04. The van der Waals surface area contributed by atoms with Crippen molar-refractivity contribution in [3.63, 3.8) is 0 Å². The summed E-state index contributed by atoms with van der Waals surface area (Å²) in [5.74, 6) is 1.23. The van der Waals surface area contributed by atoms with Crippen LogP contribution in [0.2, 0.25) is 5.02 Å². The summed E-state index contributed by atoms with van der Waals surface area (Å²) in [5, 5.41) is 5.34. The van der Waals surface area contributed by atoms with Gasteiger partial charge in [-0.15, -0.1) is 0 Å². The van der Waals surface area contributed by atoms with Gasteiger partial charge in [0, 0.05) is 23.6 Å². The molecule has 4 nitrogen and oxygen atoms in total. The molecule has 3 aromatic carbocycles. The summed E-state index contributed by atoms with van der Waals surface area (Å²) in [6.07, 6.45) is 3.04. The fourth-order valence-corrected chi connectivity index (χ4v) is 4.02. The molecule has 31 heavy (non-hydrogen) atoms. The number of para-hydroxylation sites is 1. The van der Waals surface area contributed by atoms with Crippen molar-refractivity contribution < 1.29 is 9.47 Å². The molecule has 0 saturated carbocycles. The highest BCUT2D eigenvalue weighted by molar-refractivity contribution is 6.32. The van der Waals surface area contributed by atoms with Crippen molar-refractivity contribution >= 4 is 22.5 Å². The Morgan fingerprint density at radius 3 is 2.65 bits per heavy atom. The topological polar surface area (TPSA) is 46.3 Å². The molecular weight excluding hydrogens is 408 g/mol. The van der Waals surface area contributed by atoms with Gasteiger partial charge in [0.05, 0.1) is 12.1 Å². The van der Waals surface area contributed by atoms with E-state index in [1.54, 1.807) is 7.11 Å². The molecule has 1 aromatic heterocycles. The maximum atomic E-state index is 6.54. The van der Waals surface area contributed by atoms with Crippen LogP contribution in [0.3, 0.4) is 0 Å². The Morgan fingerprint density at radius 1 is 1.00 bits per heavy atom. The zero-order valence-electron chi connectivity index (χ0n) is 17.9. The molecule has 0 unspecified atom stereocenters. The molecule has 5 heteroatoms. The first-order chi connectivity index (χ1) is 15.2. The van der Waals surface area contributed by atoms with Crippen LogP contribution in [0.1, 0.15) is 22.3 Å². The van der Waals surface area contributed by atoms with Gasteiger partial charge in [0.1, 0.15) is 6.61 Å². The maximum absolute atomic E-state index is 6.54. The van der Waals surface area contributed by atoms with Crippen LogP contribution in [0.15, 0.2) is 66.9 Å². The minimum absolute atomic E-state index is 0.449. The molecule has 4 aromatic rings. The van der Waals surface area contributed by atoms with Gasteiger partial charge in [-0.1, -0.05) is 54.1 Å². The smallest absolute Gasteiger partial charge is 0.180 e. The SMILES string of the molecule is COc1cc(CNCCc2c[nH]c3ccccc23)cc(Cl)c1OCc1ccccc1C. The Labute approximate surface area is 188 Å². The van der Waals surface area contributed by atoms with E-state index in [0.29, 0.717) is 29.7 Å². The summed E-state index contributed by atoms with van der Waals surface area (Å²) in [7, 11) is 1.64. The quantitative estimate of drug-likeness (QED) is 0.315. The lowest BCUT2D eigenvalue weighted by Crippen LogP contribution is -2.16. The summed E-state index contributed by atoms with van der Waals surface area (Å²) >= 11 is 6.54. The number of aromatic amines is 1. The van der Waals surface area contributed by atoms with Crippen LogP contribution in [0, 0.1) is 6.92 Å². The van der Waals surface area contributed by atoms with Gasteiger partial charge in [-0.05, 0) is 60.3 Å². The lowest BCUT2D eigenvalue weighted by molar-refractivity contribution is 0.284. The minimum Gasteiger partial charge on any atom is -0.493 e. The summed E-state index contributed by atoms with van der Waals surface area (Å²) in [4.78, 5) is 3.33. The van der Waals surface area contributed by atoms with Gasteiger partial charge in [-0.3, -0.25) is 0 Å². The first-order valence-electron chi connectivity index (χ1n) is 10.4. The van der Waals surface area contributed by atoms with Crippen molar-refractivity contribution in [3.05, 3.63) is 94.1 Å². The number of aromatic nitrogens is 1. The van der Waals surface area contributed by atoms with Gasteiger partial charge in [0.2, 0.25) is 0 Å². The molecule has 0 bridgehead atoms. The molecule has 2 N–H and O–H groups in total. The number of nitrogens with one attached hydrogen (secondary N) is 2. The molecule has 4 rings (SSSR count). The van der Waals surface area contributed by atoms with Crippen LogP contribution in [-0.2, 0) is 19.6 Å². The van der Waals surface area contributed by atoms with E-state index in [4.69, 9.17) is 21.1 Å². The average molecular weight is 435 g/mol. The van der Waals surface area contributed by atoms with Gasteiger partial charge < -0.3 is 19.8 Å². The van der Waals surface area contributed by atoms with Crippen LogP contribution < -0.4 is 14.8 Å². The molecule has 1 heterocycles. The molecule has 0 aliphatic heterocycles. The molecule has 0 spiro atoms. The second-order valence-electron chi connectivity index (χ2n) is 7.61. The van der Waals surface area contributed by atoms with E-state index in [-0.39, 0.29) is 0 Å². The van der Waals surface area contributed by atoms with E-state index in [1.165, 1.54) is 22.0 Å². The van der Waals surface area contributed by atoms with Crippen LogP contribution in [0.25, 0.3) is 10.9 Å². The highest BCUT2D eigenvalue weighted by Crippen LogP contribution is 2.37. The van der Waals surface area contributed by atoms with Crippen LogP contribution in [-0.4, -0.2) is 18.6 Å². The third-order valence-electron chi connectivity index (χ3n) is 5.50. The molecule has 0 radical (unpaired) electrons. The molecule has 0 amide bonds. The number of benzene rings is 3. The monoisotopic (exact) mass is 434 g/mol. The van der Waals surface area contributed by atoms with Crippen molar-refractivity contribution in [2.45, 2.75) is 26.5 Å². The number of methoxy groups -OCH3 is 1. The van der Waals surface area contributed by atoms with Crippen LogP contribution in [0.5, 0.6) is 11.5 Å². The highest BCUT2D eigenvalue weighted by atomic mass is 35.5. The number of rotatable bonds is 9. The Balaban J connectivity index is 1.36. The van der Waals surface area contributed by atoms with Crippen molar-refractivity contribution in [2.75, 3.05) is 13.7 Å². The van der Waals surface area contributed by atoms with E-state index in [1.807, 2.05) is 30.3 Å². The predicted octanol–water partition coefficient (Wildman–Crippen LogP) is 6.05. The zero-order chi connectivity index (χ0) is 21.6. The maximum Gasteiger partial charge on any atom is 0.180 e. The fourth-order valence-electron chi connectivity index (χ4n) is 3.73. The number of halogens is 1. The molecule has 0 atom stereocenters. The molecule has 0 fully saturated rings. The average Bonchev–Trinajstić information content (AvgIpc) is 3.20. The standard InChI is InChI=1S/C26H27ClN2O2/c1-18-7-3-4-8-21(18)17-31-26-23(27)13-19(14-25(26)30-2)15-28-12-11-20-16-29-24-10-6-5-9-22(20)24/h3-10,13-14,16,28-29H,11-12,15,17H2,1-2H3. The molecule has 0 aliphatic carbocycles. The summed E-state index contributed by atoms with van der Waals surface area (Å²) < 4.78 is 11.6. The summed E-state index contributed by atoms with van der Waals surface area (Å²) in [5.41, 5.74) is 5.87. The van der Waals surface area contributed by atoms with Crippen molar-refractivity contribution in [3.8, 4) is 11.5 Å². The van der Waals surface area contributed by atoms with Gasteiger partial charge in [0.25, 0.3) is 0 Å². The largest absolute Gasteiger partial charge is 0.493 e. The number of H-pyrrole nitrogens is 1. The molecular formula is C26H27ClN2O2. The Morgan fingerprint density at radius 2 is 1.81 bits per heavy atom. The number of ether oxygens (including phenoxy) is 2. The minimum atomic E-state index is 0.449. The zero-order valence-corrected chi connectivity index (χ0v) is 18.6. The summed E-state index contributed by atoms with van der Waals surface area (Å²) in [6, 6.07) is 20.5. The second kappa shape index (κ2) is 9.90. The van der Waals surface area contributed by atoms with Gasteiger partial charge in [-0.25, -0.2) is 0 Å². The van der Waals surface area contributed by atoms with Crippen molar-refractivity contribution in [2.24, 2.45) is 0 Å². The van der Waals surface area contributed by atoms with E-state index < -0.39 is 0 Å². The number of hydrogen-bond donors (Lipinski definition) is 2. The van der Waals surface area contributed by atoms with Crippen LogP contribution >= 0.6 is 11.6 Å². The first-order valence-corrected chi connectivity index (χ1v) is 10.8. The number of fused-ring (bicyclic) bond motifs is 1. The first kappa shape index (κ1) is 21.3. The van der Waals surface area contributed by atoms with E-state index in [9.17, 15) is 0 Å². The van der Waals surface area contributed by atoms with Crippen LogP contribution in [0.4, 0.5) is 0 Å². The highest BCUT2D eigenvalue weighted by Gasteiger charge is 2.13. The lowest BCUT2D eigenvalue weighted by atomic mass is 10.1. The van der Waals surface area contributed by atoms with E-state index >= 15 is 0 Å². The Hall–Kier alpha value is -2.95. The van der Waals surface area contributed by atoms with Crippen molar-refractivity contribution in [1.29, 1.82) is 0 Å². The predicted molar refractivity (Wildman–Crippen MR) is 127 cm³/mol.